The number of rotatable bonds is 10. The van der Waals surface area contributed by atoms with E-state index in [1.807, 2.05) is 24.3 Å². The molecule has 4 rings (SSSR count). The lowest BCUT2D eigenvalue weighted by atomic mass is 9.66. The molecule has 1 fully saturated rings. The van der Waals surface area contributed by atoms with Crippen molar-refractivity contribution in [2.75, 3.05) is 10.6 Å². The summed E-state index contributed by atoms with van der Waals surface area (Å²) < 4.78 is 5.70. The maximum absolute atomic E-state index is 13.2. The molecule has 0 spiro atoms. The molecule has 196 valence electrons. The van der Waals surface area contributed by atoms with Gasteiger partial charge in [-0.1, -0.05) is 44.7 Å². The number of nitrogens with zero attached hydrogens (tertiary/aromatic N) is 1. The number of carbonyl (C=O) groups excluding carboxylic acids is 3. The van der Waals surface area contributed by atoms with Gasteiger partial charge in [-0.2, -0.15) is 0 Å². The Kier molecular flexibility index (Phi) is 7.95. The Hall–Kier alpha value is -4.08. The number of carbonyl (C=O) groups is 3. The van der Waals surface area contributed by atoms with Gasteiger partial charge in [-0.05, 0) is 61.4 Å². The summed E-state index contributed by atoms with van der Waals surface area (Å²) in [6, 6.07) is 10.3. The van der Waals surface area contributed by atoms with Gasteiger partial charge in [0.25, 0.3) is 5.91 Å². The first kappa shape index (κ1) is 26.0. The summed E-state index contributed by atoms with van der Waals surface area (Å²) in [5.41, 5.74) is 11.8. The number of aryl methyl sites for hydroxylation is 1. The van der Waals surface area contributed by atoms with Gasteiger partial charge in [-0.25, -0.2) is 9.78 Å². The molecular formula is C27H34N6O4. The quantitative estimate of drug-likeness (QED) is 0.273. The number of nitrogens with one attached hydrogen (secondary N) is 3. The molecule has 1 aliphatic carbocycles. The number of hydrogen-bond acceptors (Lipinski definition) is 5. The first-order valence-electron chi connectivity index (χ1n) is 12.8. The maximum Gasteiger partial charge on any atom is 0.324 e. The van der Waals surface area contributed by atoms with E-state index < -0.39 is 23.3 Å². The predicted octanol–water partition coefficient (Wildman–Crippen LogP) is 4.44. The topological polar surface area (TPSA) is 169 Å². The van der Waals surface area contributed by atoms with Crippen molar-refractivity contribution in [1.29, 1.82) is 0 Å². The second-order valence-corrected chi connectivity index (χ2v) is 9.54. The van der Waals surface area contributed by atoms with Crippen molar-refractivity contribution in [3.05, 3.63) is 65.5 Å². The van der Waals surface area contributed by atoms with Crippen molar-refractivity contribution in [2.24, 2.45) is 17.4 Å². The Morgan fingerprint density at radius 2 is 1.81 bits per heavy atom. The maximum atomic E-state index is 13.2. The highest BCUT2D eigenvalue weighted by Crippen LogP contribution is 2.45. The fourth-order valence-electron chi connectivity index (χ4n) is 5.22. The highest BCUT2D eigenvalue weighted by atomic mass is 16.3. The number of aromatic nitrogens is 2. The van der Waals surface area contributed by atoms with Crippen molar-refractivity contribution in [3.63, 3.8) is 0 Å². The molecular weight excluding hydrogens is 472 g/mol. The molecule has 1 aliphatic rings. The van der Waals surface area contributed by atoms with Crippen molar-refractivity contribution >= 4 is 29.4 Å². The molecule has 7 N–H and O–H groups in total. The number of anilines is 2. The summed E-state index contributed by atoms with van der Waals surface area (Å²) >= 11 is 0. The number of nitrogens with two attached hydrogens (primary N) is 2. The summed E-state index contributed by atoms with van der Waals surface area (Å²) in [5, 5.41) is 5.33. The molecule has 0 bridgehead atoms. The van der Waals surface area contributed by atoms with Crippen LogP contribution in [0.15, 0.2) is 47.1 Å². The van der Waals surface area contributed by atoms with Crippen molar-refractivity contribution < 1.29 is 18.8 Å². The lowest BCUT2D eigenvalue weighted by molar-refractivity contribution is -0.125. The molecule has 0 saturated heterocycles. The van der Waals surface area contributed by atoms with Crippen LogP contribution >= 0.6 is 0 Å². The van der Waals surface area contributed by atoms with Crippen LogP contribution in [0.25, 0.3) is 0 Å². The second-order valence-electron chi connectivity index (χ2n) is 9.54. The third kappa shape index (κ3) is 5.37. The van der Waals surface area contributed by atoms with Gasteiger partial charge in [0.1, 0.15) is 17.3 Å². The molecule has 1 saturated carbocycles. The van der Waals surface area contributed by atoms with E-state index in [2.05, 4.69) is 27.5 Å². The first-order chi connectivity index (χ1) is 17.9. The van der Waals surface area contributed by atoms with Crippen LogP contribution in [0.1, 0.15) is 79.5 Å². The van der Waals surface area contributed by atoms with Gasteiger partial charge in [0.2, 0.25) is 5.91 Å². The third-order valence-corrected chi connectivity index (χ3v) is 7.10. The van der Waals surface area contributed by atoms with Crippen molar-refractivity contribution in [3.8, 4) is 0 Å². The number of urea groups is 1. The van der Waals surface area contributed by atoms with E-state index in [9.17, 15) is 14.4 Å². The van der Waals surface area contributed by atoms with Gasteiger partial charge in [0, 0.05) is 5.69 Å². The average molecular weight is 507 g/mol. The average Bonchev–Trinajstić information content (AvgIpc) is 3.56. The second kappa shape index (κ2) is 11.3. The van der Waals surface area contributed by atoms with E-state index in [4.69, 9.17) is 15.9 Å². The molecule has 1 aromatic carbocycles. The van der Waals surface area contributed by atoms with Gasteiger partial charge >= 0.3 is 6.03 Å². The van der Waals surface area contributed by atoms with Crippen molar-refractivity contribution in [2.45, 2.75) is 63.7 Å². The van der Waals surface area contributed by atoms with Gasteiger partial charge in [0.15, 0.2) is 11.2 Å². The molecule has 10 heteroatoms. The summed E-state index contributed by atoms with van der Waals surface area (Å²) in [6.45, 7) is 2.14. The van der Waals surface area contributed by atoms with E-state index in [-0.39, 0.29) is 23.3 Å². The standard InChI is InChI=1S/C27H34N6O4/c1-2-3-8-17-12-14-19(15-13-17)30-26(36)33-23-21(22(28)34)31-25(32-23)27(24(29)35,20-11-7-16-37-20)18-9-5-4-6-10-18/h7,11-16,18H,2-6,8-10H2,1H3,(H2,28,34)(H2,29,35)(H,31,32)(H2,30,33,36). The van der Waals surface area contributed by atoms with Crippen molar-refractivity contribution in [1.82, 2.24) is 9.97 Å². The van der Waals surface area contributed by atoms with Crippen LogP contribution in [0.5, 0.6) is 0 Å². The Bertz CT molecular complexity index is 1230. The highest BCUT2D eigenvalue weighted by molar-refractivity contribution is 6.04. The van der Waals surface area contributed by atoms with Crippen LogP contribution in [0.3, 0.4) is 0 Å². The summed E-state index contributed by atoms with van der Waals surface area (Å²) in [4.78, 5) is 45.6. The smallest absolute Gasteiger partial charge is 0.324 e. The molecule has 4 amide bonds. The van der Waals surface area contributed by atoms with E-state index >= 15 is 0 Å². The lowest BCUT2D eigenvalue weighted by Gasteiger charge is -2.37. The van der Waals surface area contributed by atoms with Crippen LogP contribution in [-0.4, -0.2) is 27.8 Å². The Balaban J connectivity index is 1.64. The number of H-pyrrole nitrogens is 1. The highest BCUT2D eigenvalue weighted by Gasteiger charge is 2.52. The Morgan fingerprint density at radius 1 is 1.08 bits per heavy atom. The van der Waals surface area contributed by atoms with Gasteiger partial charge in [0.05, 0.1) is 6.26 Å². The molecule has 0 aliphatic heterocycles. The van der Waals surface area contributed by atoms with Crippen LogP contribution in [-0.2, 0) is 16.6 Å². The summed E-state index contributed by atoms with van der Waals surface area (Å²) in [6.07, 6.45) is 9.00. The zero-order valence-electron chi connectivity index (χ0n) is 21.0. The first-order valence-corrected chi connectivity index (χ1v) is 12.8. The van der Waals surface area contributed by atoms with E-state index in [0.717, 1.165) is 51.4 Å². The molecule has 0 radical (unpaired) electrons. The molecule has 2 heterocycles. The minimum absolute atomic E-state index is 0.0902. The van der Waals surface area contributed by atoms with Crippen LogP contribution < -0.4 is 22.1 Å². The molecule has 10 nitrogen and oxygen atoms in total. The Labute approximate surface area is 215 Å². The normalized spacial score (nSPS) is 15.6. The molecule has 2 aromatic heterocycles. The minimum atomic E-state index is -1.45. The summed E-state index contributed by atoms with van der Waals surface area (Å²) in [5.74, 6) is -1.34. The Morgan fingerprint density at radius 3 is 2.41 bits per heavy atom. The van der Waals surface area contributed by atoms with Crippen LogP contribution in [0, 0.1) is 5.92 Å². The number of benzene rings is 1. The number of hydrogen-bond donors (Lipinski definition) is 5. The number of primary amides is 2. The number of aromatic amines is 1. The van der Waals surface area contributed by atoms with Crippen LogP contribution in [0.2, 0.25) is 0 Å². The van der Waals surface area contributed by atoms with E-state index in [0.29, 0.717) is 11.4 Å². The molecule has 37 heavy (non-hydrogen) atoms. The van der Waals surface area contributed by atoms with Gasteiger partial charge < -0.3 is 26.2 Å². The fraction of sp³-hybridized carbons (Fsp3) is 0.407. The monoisotopic (exact) mass is 506 g/mol. The number of amides is 4. The number of furan rings is 1. The molecule has 1 atom stereocenters. The van der Waals surface area contributed by atoms with E-state index in [1.165, 1.54) is 11.8 Å². The van der Waals surface area contributed by atoms with E-state index in [1.54, 1.807) is 12.1 Å². The van der Waals surface area contributed by atoms with Gasteiger partial charge in [-0.15, -0.1) is 0 Å². The van der Waals surface area contributed by atoms with Gasteiger partial charge in [-0.3, -0.25) is 14.9 Å². The number of imidazole rings is 1. The summed E-state index contributed by atoms with van der Waals surface area (Å²) in [7, 11) is 0. The minimum Gasteiger partial charge on any atom is -0.468 e. The third-order valence-electron chi connectivity index (χ3n) is 7.10. The number of unbranched alkanes of at least 4 members (excludes halogenated alkanes) is 1. The molecule has 3 aromatic rings. The molecule has 1 unspecified atom stereocenters. The van der Waals surface area contributed by atoms with Crippen LogP contribution in [0.4, 0.5) is 16.3 Å². The largest absolute Gasteiger partial charge is 0.468 e. The zero-order valence-corrected chi connectivity index (χ0v) is 21.0. The fourth-order valence-corrected chi connectivity index (χ4v) is 5.22. The SMILES string of the molecule is CCCCc1ccc(NC(=O)Nc2nc(C(C(N)=O)(c3ccco3)C3CCCCC3)[nH]c2C(N)=O)cc1. The lowest BCUT2D eigenvalue weighted by Crippen LogP contribution is -2.49. The predicted molar refractivity (Wildman–Crippen MR) is 140 cm³/mol. The zero-order chi connectivity index (χ0) is 26.4.